The first-order chi connectivity index (χ1) is 9.35. The van der Waals surface area contributed by atoms with Crippen molar-refractivity contribution in [3.63, 3.8) is 0 Å². The van der Waals surface area contributed by atoms with Gasteiger partial charge in [0.15, 0.2) is 0 Å². The Morgan fingerprint density at radius 3 is 2.65 bits per heavy atom. The van der Waals surface area contributed by atoms with Crippen LogP contribution < -0.4 is 0 Å². The summed E-state index contributed by atoms with van der Waals surface area (Å²) in [6.07, 6.45) is 1.48. The number of hydrogen-bond donors (Lipinski definition) is 1. The van der Waals surface area contributed by atoms with Gasteiger partial charge in [0.2, 0.25) is 0 Å². The molecule has 0 atom stereocenters. The lowest BCUT2D eigenvalue weighted by Gasteiger charge is -2.19. The minimum atomic E-state index is -1.08. The van der Waals surface area contributed by atoms with Crippen LogP contribution >= 0.6 is 11.6 Å². The minimum Gasteiger partial charge on any atom is -0.480 e. The molecular weight excluding hydrogens is 280 g/mol. The number of nitrogens with zero attached hydrogens (tertiary/aromatic N) is 2. The molecule has 0 unspecified atom stereocenters. The highest BCUT2D eigenvalue weighted by atomic mass is 35.5. The van der Waals surface area contributed by atoms with Gasteiger partial charge in [-0.15, -0.1) is 6.58 Å². The summed E-state index contributed by atoms with van der Waals surface area (Å²) in [7, 11) is 0. The van der Waals surface area contributed by atoms with Crippen LogP contribution in [-0.2, 0) is 4.79 Å². The Morgan fingerprint density at radius 2 is 2.15 bits per heavy atom. The van der Waals surface area contributed by atoms with Crippen molar-refractivity contribution < 1.29 is 14.7 Å². The topological polar surface area (TPSA) is 70.5 Å². The van der Waals surface area contributed by atoms with Gasteiger partial charge in [-0.25, -0.2) is 4.98 Å². The fraction of sp³-hybridized carbons (Fsp3) is 0.357. The predicted octanol–water partition coefficient (Wildman–Crippen LogP) is 2.57. The van der Waals surface area contributed by atoms with Gasteiger partial charge < -0.3 is 10.0 Å². The largest absolute Gasteiger partial charge is 0.480 e. The molecule has 1 aromatic heterocycles. The number of carboxylic acid groups (broad SMARTS) is 1. The lowest BCUT2D eigenvalue weighted by atomic mass is 10.1. The van der Waals surface area contributed by atoms with E-state index in [1.54, 1.807) is 6.07 Å². The van der Waals surface area contributed by atoms with E-state index in [-0.39, 0.29) is 24.2 Å². The second-order valence-electron chi connectivity index (χ2n) is 4.63. The molecule has 1 N–H and O–H groups in total. The molecule has 0 fully saturated rings. The number of carbonyl (C=O) groups excluding carboxylic acids is 1. The van der Waals surface area contributed by atoms with Crippen LogP contribution in [0.4, 0.5) is 0 Å². The van der Waals surface area contributed by atoms with Crippen molar-refractivity contribution in [3.8, 4) is 0 Å². The molecule has 0 aliphatic rings. The molecule has 1 amide bonds. The first-order valence-corrected chi connectivity index (χ1v) is 6.52. The maximum atomic E-state index is 12.3. The quantitative estimate of drug-likeness (QED) is 0.647. The summed E-state index contributed by atoms with van der Waals surface area (Å²) < 4.78 is 0. The van der Waals surface area contributed by atoms with Crippen molar-refractivity contribution in [2.45, 2.75) is 19.8 Å². The van der Waals surface area contributed by atoms with Crippen molar-refractivity contribution in [2.24, 2.45) is 0 Å². The van der Waals surface area contributed by atoms with Crippen LogP contribution in [0.2, 0.25) is 5.15 Å². The van der Waals surface area contributed by atoms with Crippen LogP contribution in [0.3, 0.4) is 0 Å². The monoisotopic (exact) mass is 296 g/mol. The Morgan fingerprint density at radius 1 is 1.50 bits per heavy atom. The molecule has 5 nitrogen and oxygen atoms in total. The van der Waals surface area contributed by atoms with Gasteiger partial charge in [-0.1, -0.05) is 31.5 Å². The molecule has 1 rings (SSSR count). The zero-order valence-corrected chi connectivity index (χ0v) is 12.2. The Labute approximate surface area is 122 Å². The van der Waals surface area contributed by atoms with Gasteiger partial charge in [0.05, 0.1) is 0 Å². The Balaban J connectivity index is 3.10. The number of carboxylic acids is 1. The molecule has 0 aromatic carbocycles. The summed E-state index contributed by atoms with van der Waals surface area (Å²) >= 11 is 5.91. The highest BCUT2D eigenvalue weighted by Crippen LogP contribution is 2.19. The van der Waals surface area contributed by atoms with Gasteiger partial charge in [-0.2, -0.15) is 0 Å². The van der Waals surface area contributed by atoms with Crippen molar-refractivity contribution in [1.82, 2.24) is 9.88 Å². The molecule has 6 heteroatoms. The Kier molecular flexibility index (Phi) is 5.70. The Hall–Kier alpha value is -1.88. The van der Waals surface area contributed by atoms with Crippen LogP contribution in [0.1, 0.15) is 35.8 Å². The van der Waals surface area contributed by atoms with E-state index in [0.29, 0.717) is 11.3 Å². The molecule has 0 saturated heterocycles. The van der Waals surface area contributed by atoms with Crippen LogP contribution in [0.15, 0.2) is 24.8 Å². The standard InChI is InChI=1S/C14H17ClN2O3/c1-4-5-17(8-13(18)19)14(20)10-6-11(9(2)3)16-12(15)7-10/h4,6-7,9H,1,5,8H2,2-3H3,(H,18,19). The highest BCUT2D eigenvalue weighted by molar-refractivity contribution is 6.29. The average Bonchev–Trinajstić information content (AvgIpc) is 2.36. The highest BCUT2D eigenvalue weighted by Gasteiger charge is 2.19. The maximum Gasteiger partial charge on any atom is 0.323 e. The minimum absolute atomic E-state index is 0.118. The molecule has 1 aromatic rings. The first-order valence-electron chi connectivity index (χ1n) is 6.14. The van der Waals surface area contributed by atoms with Crippen molar-refractivity contribution in [2.75, 3.05) is 13.1 Å². The molecule has 108 valence electrons. The smallest absolute Gasteiger partial charge is 0.323 e. The first kappa shape index (κ1) is 16.2. The van der Waals surface area contributed by atoms with E-state index in [9.17, 15) is 9.59 Å². The number of pyridine rings is 1. The van der Waals surface area contributed by atoms with Crippen LogP contribution in [0, 0.1) is 0 Å². The second-order valence-corrected chi connectivity index (χ2v) is 5.01. The van der Waals surface area contributed by atoms with Crippen molar-refractivity contribution in [1.29, 1.82) is 0 Å². The van der Waals surface area contributed by atoms with Gasteiger partial charge in [-0.05, 0) is 18.1 Å². The zero-order chi connectivity index (χ0) is 15.3. The summed E-state index contributed by atoms with van der Waals surface area (Å²) in [6.45, 7) is 7.16. The molecule has 0 aliphatic carbocycles. The SMILES string of the molecule is C=CCN(CC(=O)O)C(=O)c1cc(Cl)nc(C(C)C)c1. The number of amides is 1. The molecule has 0 bridgehead atoms. The fourth-order valence-electron chi connectivity index (χ4n) is 1.66. The number of halogens is 1. The van der Waals surface area contributed by atoms with Crippen molar-refractivity contribution >= 4 is 23.5 Å². The third-order valence-corrected chi connectivity index (χ3v) is 2.81. The van der Waals surface area contributed by atoms with Crippen LogP contribution in [0.25, 0.3) is 0 Å². The third-order valence-electron chi connectivity index (χ3n) is 2.62. The van der Waals surface area contributed by atoms with E-state index in [4.69, 9.17) is 16.7 Å². The van der Waals surface area contributed by atoms with Gasteiger partial charge in [0.1, 0.15) is 11.7 Å². The molecule has 20 heavy (non-hydrogen) atoms. The van der Waals surface area contributed by atoms with Gasteiger partial charge in [0, 0.05) is 17.8 Å². The summed E-state index contributed by atoms with van der Waals surface area (Å²) in [6, 6.07) is 3.07. The number of rotatable bonds is 6. The van der Waals surface area contributed by atoms with E-state index < -0.39 is 11.9 Å². The lowest BCUT2D eigenvalue weighted by Crippen LogP contribution is -2.35. The molecule has 0 aliphatic heterocycles. The fourth-order valence-corrected chi connectivity index (χ4v) is 1.87. The van der Waals surface area contributed by atoms with Crippen LogP contribution in [0.5, 0.6) is 0 Å². The molecular formula is C14H17ClN2O3. The second kappa shape index (κ2) is 7.05. The molecule has 0 spiro atoms. The summed E-state index contributed by atoms with van der Waals surface area (Å²) in [5.74, 6) is -1.37. The normalized spacial score (nSPS) is 10.4. The zero-order valence-electron chi connectivity index (χ0n) is 11.5. The van der Waals surface area contributed by atoms with E-state index in [2.05, 4.69) is 11.6 Å². The molecule has 0 saturated carbocycles. The summed E-state index contributed by atoms with van der Waals surface area (Å²) in [5, 5.41) is 9.05. The van der Waals surface area contributed by atoms with E-state index in [1.165, 1.54) is 17.0 Å². The van der Waals surface area contributed by atoms with Gasteiger partial charge >= 0.3 is 5.97 Å². The van der Waals surface area contributed by atoms with E-state index in [0.717, 1.165) is 0 Å². The number of aliphatic carboxylic acids is 1. The average molecular weight is 297 g/mol. The van der Waals surface area contributed by atoms with E-state index >= 15 is 0 Å². The Bertz CT molecular complexity index is 529. The molecule has 0 radical (unpaired) electrons. The van der Waals surface area contributed by atoms with Crippen molar-refractivity contribution in [3.05, 3.63) is 41.2 Å². The number of hydrogen-bond acceptors (Lipinski definition) is 3. The number of aromatic nitrogens is 1. The molecule has 1 heterocycles. The van der Waals surface area contributed by atoms with Gasteiger partial charge in [-0.3, -0.25) is 9.59 Å². The van der Waals surface area contributed by atoms with Crippen LogP contribution in [-0.4, -0.2) is 40.0 Å². The van der Waals surface area contributed by atoms with E-state index in [1.807, 2.05) is 13.8 Å². The lowest BCUT2D eigenvalue weighted by molar-refractivity contribution is -0.137. The summed E-state index contributed by atoms with van der Waals surface area (Å²) in [4.78, 5) is 28.4. The maximum absolute atomic E-state index is 12.3. The number of carbonyl (C=O) groups is 2. The third kappa shape index (κ3) is 4.35. The summed E-state index contributed by atoms with van der Waals surface area (Å²) in [5.41, 5.74) is 1.02. The van der Waals surface area contributed by atoms with Gasteiger partial charge in [0.25, 0.3) is 5.91 Å². The predicted molar refractivity (Wildman–Crippen MR) is 77.1 cm³/mol.